The van der Waals surface area contributed by atoms with Crippen LogP contribution in [0.4, 0.5) is 4.39 Å². The molecule has 1 N–H and O–H groups in total. The van der Waals surface area contributed by atoms with Gasteiger partial charge in [-0.3, -0.25) is 9.69 Å². The Kier molecular flexibility index (Phi) is 7.95. The number of amides is 1. The normalized spacial score (nSPS) is 15.8. The number of nitrogens with zero attached hydrogens (tertiary/aromatic N) is 2. The number of carbonyl (C=O) groups excluding carboxylic acids is 1. The number of hydrogen-bond acceptors (Lipinski definition) is 4. The maximum Gasteiger partial charge on any atom is 0.224 e. The fourth-order valence-corrected chi connectivity index (χ4v) is 5.34. The molecule has 3 aromatic rings. The van der Waals surface area contributed by atoms with E-state index in [0.29, 0.717) is 31.7 Å². The first kappa shape index (κ1) is 25.0. The molecule has 8 heteroatoms. The fraction of sp³-hybridized carbons (Fsp3) is 0.296. The average Bonchev–Trinajstić information content (AvgIpc) is 2.85. The van der Waals surface area contributed by atoms with Crippen molar-refractivity contribution in [3.63, 3.8) is 0 Å². The van der Waals surface area contributed by atoms with Crippen LogP contribution in [-0.4, -0.2) is 56.6 Å². The molecule has 4 rings (SSSR count). The van der Waals surface area contributed by atoms with Gasteiger partial charge in [-0.25, -0.2) is 17.5 Å². The summed E-state index contributed by atoms with van der Waals surface area (Å²) in [6.45, 7) is 2.48. The van der Waals surface area contributed by atoms with Crippen LogP contribution < -0.4 is 4.72 Å². The average molecular weight is 496 g/mol. The van der Waals surface area contributed by atoms with Crippen LogP contribution in [0, 0.1) is 5.82 Å². The number of hydrogen-bond donors (Lipinski definition) is 1. The van der Waals surface area contributed by atoms with Crippen molar-refractivity contribution in [2.75, 3.05) is 32.4 Å². The molecule has 6 nitrogen and oxygen atoms in total. The first-order valence-corrected chi connectivity index (χ1v) is 13.5. The SMILES string of the molecule is CS(=O)(=O)NC(CC(=O)N1CCN(C(c2ccccc2)c2ccccc2)CC1)c1ccc(F)cc1. The molecule has 3 aromatic carbocycles. The van der Waals surface area contributed by atoms with Crippen molar-refractivity contribution in [1.82, 2.24) is 14.5 Å². The second-order valence-electron chi connectivity index (χ2n) is 8.84. The van der Waals surface area contributed by atoms with E-state index in [0.717, 1.165) is 6.26 Å². The maximum absolute atomic E-state index is 13.4. The number of benzene rings is 3. The molecule has 1 saturated heterocycles. The monoisotopic (exact) mass is 495 g/mol. The predicted molar refractivity (Wildman–Crippen MR) is 135 cm³/mol. The molecule has 0 radical (unpaired) electrons. The van der Waals surface area contributed by atoms with Gasteiger partial charge in [0.15, 0.2) is 0 Å². The summed E-state index contributed by atoms with van der Waals surface area (Å²) in [7, 11) is -3.56. The molecule has 35 heavy (non-hydrogen) atoms. The lowest BCUT2D eigenvalue weighted by atomic mass is 9.96. The second kappa shape index (κ2) is 11.1. The summed E-state index contributed by atoms with van der Waals surface area (Å²) in [4.78, 5) is 17.3. The van der Waals surface area contributed by atoms with E-state index < -0.39 is 21.9 Å². The standard InChI is InChI=1S/C27H30FN3O3S/c1-35(33,34)29-25(21-12-14-24(28)15-13-21)20-26(32)30-16-18-31(19-17-30)27(22-8-4-2-5-9-22)23-10-6-3-7-11-23/h2-15,25,27,29H,16-20H2,1H3. The Morgan fingerprint density at radius 1 is 0.829 bits per heavy atom. The molecule has 1 heterocycles. The van der Waals surface area contributed by atoms with Gasteiger partial charge in [0.25, 0.3) is 0 Å². The third-order valence-electron chi connectivity index (χ3n) is 6.27. The zero-order chi connectivity index (χ0) is 24.8. The summed E-state index contributed by atoms with van der Waals surface area (Å²) in [5.74, 6) is -0.549. The van der Waals surface area contributed by atoms with Crippen LogP contribution in [0.15, 0.2) is 84.9 Å². The van der Waals surface area contributed by atoms with Crippen molar-refractivity contribution in [3.8, 4) is 0 Å². The highest BCUT2D eigenvalue weighted by Gasteiger charge is 2.30. The molecule has 0 saturated carbocycles. The molecule has 1 aliphatic heterocycles. The maximum atomic E-state index is 13.4. The van der Waals surface area contributed by atoms with Crippen LogP contribution >= 0.6 is 0 Å². The lowest BCUT2D eigenvalue weighted by molar-refractivity contribution is -0.133. The molecule has 0 bridgehead atoms. The van der Waals surface area contributed by atoms with Gasteiger partial charge in [-0.15, -0.1) is 0 Å². The van der Waals surface area contributed by atoms with E-state index >= 15 is 0 Å². The molecular weight excluding hydrogens is 465 g/mol. The number of sulfonamides is 1. The number of nitrogens with one attached hydrogen (secondary N) is 1. The molecule has 0 aliphatic carbocycles. The molecule has 1 aliphatic rings. The Balaban J connectivity index is 1.45. The first-order chi connectivity index (χ1) is 16.8. The summed E-state index contributed by atoms with van der Waals surface area (Å²) >= 11 is 0. The van der Waals surface area contributed by atoms with Crippen molar-refractivity contribution >= 4 is 15.9 Å². The minimum Gasteiger partial charge on any atom is -0.340 e. The Morgan fingerprint density at radius 3 is 1.83 bits per heavy atom. The van der Waals surface area contributed by atoms with Crippen molar-refractivity contribution < 1.29 is 17.6 Å². The van der Waals surface area contributed by atoms with Gasteiger partial charge >= 0.3 is 0 Å². The van der Waals surface area contributed by atoms with Crippen molar-refractivity contribution in [2.24, 2.45) is 0 Å². The summed E-state index contributed by atoms with van der Waals surface area (Å²) in [6, 6.07) is 25.5. The highest BCUT2D eigenvalue weighted by atomic mass is 32.2. The van der Waals surface area contributed by atoms with Crippen LogP contribution in [0.1, 0.15) is 35.2 Å². The zero-order valence-corrected chi connectivity index (χ0v) is 20.5. The summed E-state index contributed by atoms with van der Waals surface area (Å²) in [6.07, 6.45) is 1.03. The number of carbonyl (C=O) groups is 1. The quantitative estimate of drug-likeness (QED) is 0.517. The van der Waals surface area contributed by atoms with Crippen molar-refractivity contribution in [3.05, 3.63) is 107 Å². The lowest BCUT2D eigenvalue weighted by Gasteiger charge is -2.40. The lowest BCUT2D eigenvalue weighted by Crippen LogP contribution is -2.50. The van der Waals surface area contributed by atoms with Gasteiger partial charge in [0.2, 0.25) is 15.9 Å². The molecule has 0 spiro atoms. The van der Waals surface area contributed by atoms with E-state index in [9.17, 15) is 17.6 Å². The highest BCUT2D eigenvalue weighted by Crippen LogP contribution is 2.30. The van der Waals surface area contributed by atoms with Crippen LogP contribution in [0.2, 0.25) is 0 Å². The Labute approximate surface area is 206 Å². The number of rotatable bonds is 8. The largest absolute Gasteiger partial charge is 0.340 e. The van der Waals surface area contributed by atoms with E-state index in [1.807, 2.05) is 36.4 Å². The van der Waals surface area contributed by atoms with Gasteiger partial charge in [-0.1, -0.05) is 72.8 Å². The molecular formula is C27H30FN3O3S. The van der Waals surface area contributed by atoms with Crippen LogP contribution in [0.5, 0.6) is 0 Å². The fourth-order valence-electron chi connectivity index (χ4n) is 4.60. The summed E-state index contributed by atoms with van der Waals surface area (Å²) in [5, 5.41) is 0. The predicted octanol–water partition coefficient (Wildman–Crippen LogP) is 3.74. The van der Waals surface area contributed by atoms with Gasteiger partial charge in [0.1, 0.15) is 5.82 Å². The molecule has 1 fully saturated rings. The van der Waals surface area contributed by atoms with E-state index in [1.165, 1.54) is 35.4 Å². The van der Waals surface area contributed by atoms with Crippen molar-refractivity contribution in [2.45, 2.75) is 18.5 Å². The van der Waals surface area contributed by atoms with E-state index in [4.69, 9.17) is 0 Å². The summed E-state index contributed by atoms with van der Waals surface area (Å²) < 4.78 is 39.7. The highest BCUT2D eigenvalue weighted by molar-refractivity contribution is 7.88. The van der Waals surface area contributed by atoms with Crippen LogP contribution in [-0.2, 0) is 14.8 Å². The molecule has 0 aromatic heterocycles. The van der Waals surface area contributed by atoms with Gasteiger partial charge in [-0.05, 0) is 28.8 Å². The Hall–Kier alpha value is -3.07. The van der Waals surface area contributed by atoms with Crippen LogP contribution in [0.3, 0.4) is 0 Å². The zero-order valence-electron chi connectivity index (χ0n) is 19.7. The third-order valence-corrected chi connectivity index (χ3v) is 6.98. The number of halogens is 1. The van der Waals surface area contributed by atoms with E-state index in [2.05, 4.69) is 33.9 Å². The van der Waals surface area contributed by atoms with Gasteiger partial charge in [-0.2, -0.15) is 0 Å². The minimum atomic E-state index is -3.56. The van der Waals surface area contributed by atoms with Crippen LogP contribution in [0.25, 0.3) is 0 Å². The van der Waals surface area contributed by atoms with Gasteiger partial charge in [0, 0.05) is 32.6 Å². The molecule has 184 valence electrons. The van der Waals surface area contributed by atoms with E-state index in [-0.39, 0.29) is 18.4 Å². The Bertz CT molecular complexity index is 1170. The van der Waals surface area contributed by atoms with E-state index in [1.54, 1.807) is 4.90 Å². The minimum absolute atomic E-state index is 0.0283. The Morgan fingerprint density at radius 2 is 1.34 bits per heavy atom. The van der Waals surface area contributed by atoms with Gasteiger partial charge < -0.3 is 4.90 Å². The molecule has 1 unspecified atom stereocenters. The molecule has 1 amide bonds. The topological polar surface area (TPSA) is 69.7 Å². The number of piperazine rings is 1. The smallest absolute Gasteiger partial charge is 0.224 e. The molecule has 1 atom stereocenters. The third kappa shape index (κ3) is 6.75. The van der Waals surface area contributed by atoms with Crippen molar-refractivity contribution in [1.29, 1.82) is 0 Å². The second-order valence-corrected chi connectivity index (χ2v) is 10.6. The summed E-state index contributed by atoms with van der Waals surface area (Å²) in [5.41, 5.74) is 2.96. The first-order valence-electron chi connectivity index (χ1n) is 11.6. The van der Waals surface area contributed by atoms with Gasteiger partial charge in [0.05, 0.1) is 18.3 Å².